The third-order valence-corrected chi connectivity index (χ3v) is 5.20. The normalized spacial score (nSPS) is 18.2. The fourth-order valence-corrected chi connectivity index (χ4v) is 3.65. The summed E-state index contributed by atoms with van der Waals surface area (Å²) in [5.74, 6) is 1.26. The molecule has 0 aliphatic carbocycles. The summed E-state index contributed by atoms with van der Waals surface area (Å²) in [6.45, 7) is 4.21. The molecule has 2 heterocycles. The molecule has 2 aromatic rings. The maximum Gasteiger partial charge on any atom is 0.235 e. The smallest absolute Gasteiger partial charge is 0.235 e. The lowest BCUT2D eigenvalue weighted by atomic mass is 9.73. The summed E-state index contributed by atoms with van der Waals surface area (Å²) < 4.78 is 16.9. The van der Waals surface area contributed by atoms with Crippen LogP contribution in [0, 0.1) is 6.92 Å². The number of amides is 1. The zero-order chi connectivity index (χ0) is 18.0. The van der Waals surface area contributed by atoms with Gasteiger partial charge in [-0.3, -0.25) is 4.79 Å². The summed E-state index contributed by atoms with van der Waals surface area (Å²) in [4.78, 5) is 13.4. The minimum atomic E-state index is -0.593. The Kier molecular flexibility index (Phi) is 4.55. The first kappa shape index (κ1) is 16.9. The molecule has 4 rings (SSSR count). The number of hydrogen-bond donors (Lipinski definition) is 1. The number of nitrogens with one attached hydrogen (secondary N) is 1. The molecule has 136 valence electrons. The van der Waals surface area contributed by atoms with E-state index in [0.717, 1.165) is 5.56 Å². The molecule has 2 aliphatic rings. The number of carbonyl (C=O) groups is 1. The SMILES string of the molecule is Cc1ccc(C2(C(=O)Nc3cccc4c3OCCO4)CCOCC2)cc1. The van der Waals surface area contributed by atoms with Crippen LogP contribution in [0.4, 0.5) is 5.69 Å². The summed E-state index contributed by atoms with van der Waals surface area (Å²) >= 11 is 0. The standard InChI is InChI=1S/C21H23NO4/c1-15-5-7-16(8-6-15)21(9-11-24-12-10-21)20(23)22-17-3-2-4-18-19(17)26-14-13-25-18/h2-8H,9-14H2,1H3,(H,22,23). The minimum absolute atomic E-state index is 0.0211. The first-order valence-corrected chi connectivity index (χ1v) is 9.04. The number of anilines is 1. The van der Waals surface area contributed by atoms with Crippen molar-refractivity contribution in [1.82, 2.24) is 0 Å². The highest BCUT2D eigenvalue weighted by Crippen LogP contribution is 2.40. The molecule has 0 spiro atoms. The Bertz CT molecular complexity index is 794. The second kappa shape index (κ2) is 7.00. The van der Waals surface area contributed by atoms with Crippen molar-refractivity contribution in [2.45, 2.75) is 25.2 Å². The molecule has 0 unspecified atom stereocenters. The second-order valence-corrected chi connectivity index (χ2v) is 6.84. The van der Waals surface area contributed by atoms with E-state index >= 15 is 0 Å². The van der Waals surface area contributed by atoms with Gasteiger partial charge in [-0.2, -0.15) is 0 Å². The molecular formula is C21H23NO4. The molecule has 1 saturated heterocycles. The van der Waals surface area contributed by atoms with E-state index < -0.39 is 5.41 Å². The lowest BCUT2D eigenvalue weighted by molar-refractivity contribution is -0.125. The van der Waals surface area contributed by atoms with Gasteiger partial charge in [-0.05, 0) is 37.5 Å². The first-order valence-electron chi connectivity index (χ1n) is 9.04. The number of para-hydroxylation sites is 1. The van der Waals surface area contributed by atoms with Crippen molar-refractivity contribution in [3.8, 4) is 11.5 Å². The topological polar surface area (TPSA) is 56.8 Å². The van der Waals surface area contributed by atoms with Gasteiger partial charge in [0, 0.05) is 13.2 Å². The molecule has 5 heteroatoms. The highest BCUT2D eigenvalue weighted by Gasteiger charge is 2.42. The minimum Gasteiger partial charge on any atom is -0.486 e. The van der Waals surface area contributed by atoms with Crippen LogP contribution in [-0.4, -0.2) is 32.3 Å². The van der Waals surface area contributed by atoms with Crippen LogP contribution in [-0.2, 0) is 14.9 Å². The van der Waals surface area contributed by atoms with Crippen LogP contribution < -0.4 is 14.8 Å². The molecule has 0 radical (unpaired) electrons. The van der Waals surface area contributed by atoms with E-state index in [0.29, 0.717) is 56.5 Å². The van der Waals surface area contributed by atoms with Gasteiger partial charge < -0.3 is 19.5 Å². The highest BCUT2D eigenvalue weighted by molar-refractivity contribution is 6.00. The Labute approximate surface area is 153 Å². The third kappa shape index (κ3) is 3.03. The van der Waals surface area contributed by atoms with Crippen LogP contribution in [0.1, 0.15) is 24.0 Å². The van der Waals surface area contributed by atoms with E-state index in [9.17, 15) is 4.79 Å². The van der Waals surface area contributed by atoms with Crippen molar-refractivity contribution in [3.05, 3.63) is 53.6 Å². The Hall–Kier alpha value is -2.53. The summed E-state index contributed by atoms with van der Waals surface area (Å²) in [7, 11) is 0. The molecule has 2 aromatic carbocycles. The molecule has 5 nitrogen and oxygen atoms in total. The van der Waals surface area contributed by atoms with Gasteiger partial charge in [-0.25, -0.2) is 0 Å². The molecular weight excluding hydrogens is 330 g/mol. The number of benzene rings is 2. The van der Waals surface area contributed by atoms with E-state index in [1.807, 2.05) is 25.1 Å². The van der Waals surface area contributed by atoms with Crippen molar-refractivity contribution in [3.63, 3.8) is 0 Å². The largest absolute Gasteiger partial charge is 0.486 e. The van der Waals surface area contributed by atoms with Crippen LogP contribution in [0.25, 0.3) is 0 Å². The Morgan fingerprint density at radius 3 is 2.46 bits per heavy atom. The molecule has 0 atom stereocenters. The van der Waals surface area contributed by atoms with Crippen LogP contribution in [0.2, 0.25) is 0 Å². The van der Waals surface area contributed by atoms with Crippen LogP contribution in [0.15, 0.2) is 42.5 Å². The summed E-state index contributed by atoms with van der Waals surface area (Å²) in [6.07, 6.45) is 1.32. The van der Waals surface area contributed by atoms with Gasteiger partial charge in [0.1, 0.15) is 13.2 Å². The van der Waals surface area contributed by atoms with E-state index in [4.69, 9.17) is 14.2 Å². The maximum absolute atomic E-state index is 13.4. The molecule has 1 fully saturated rings. The van der Waals surface area contributed by atoms with Crippen molar-refractivity contribution in [1.29, 1.82) is 0 Å². The average Bonchev–Trinajstić information content (AvgIpc) is 2.69. The zero-order valence-electron chi connectivity index (χ0n) is 14.9. The molecule has 0 aromatic heterocycles. The van der Waals surface area contributed by atoms with Gasteiger partial charge in [-0.1, -0.05) is 35.9 Å². The maximum atomic E-state index is 13.4. The third-order valence-electron chi connectivity index (χ3n) is 5.20. The van der Waals surface area contributed by atoms with Gasteiger partial charge in [0.2, 0.25) is 5.91 Å². The van der Waals surface area contributed by atoms with Crippen LogP contribution >= 0.6 is 0 Å². The Balaban J connectivity index is 1.67. The number of carbonyl (C=O) groups excluding carboxylic acids is 1. The highest BCUT2D eigenvalue weighted by atomic mass is 16.6. The predicted octanol–water partition coefficient (Wildman–Crippen LogP) is 3.45. The van der Waals surface area contributed by atoms with Crippen molar-refractivity contribution in [2.24, 2.45) is 0 Å². The molecule has 26 heavy (non-hydrogen) atoms. The predicted molar refractivity (Wildman–Crippen MR) is 99.0 cm³/mol. The van der Waals surface area contributed by atoms with E-state index in [2.05, 4.69) is 29.6 Å². The molecule has 1 amide bonds. The van der Waals surface area contributed by atoms with Crippen molar-refractivity contribution >= 4 is 11.6 Å². The molecule has 0 bridgehead atoms. The average molecular weight is 353 g/mol. The van der Waals surface area contributed by atoms with E-state index in [1.165, 1.54) is 5.56 Å². The van der Waals surface area contributed by atoms with Crippen LogP contribution in [0.5, 0.6) is 11.5 Å². The van der Waals surface area contributed by atoms with Crippen molar-refractivity contribution in [2.75, 3.05) is 31.7 Å². The fraction of sp³-hybridized carbons (Fsp3) is 0.381. The summed E-state index contributed by atoms with van der Waals surface area (Å²) in [5, 5.41) is 3.09. The lowest BCUT2D eigenvalue weighted by Gasteiger charge is -2.36. The number of aryl methyl sites for hydroxylation is 1. The molecule has 2 aliphatic heterocycles. The first-order chi connectivity index (χ1) is 12.7. The fourth-order valence-electron chi connectivity index (χ4n) is 3.65. The Morgan fingerprint density at radius 1 is 0.962 bits per heavy atom. The molecule has 1 N–H and O–H groups in total. The molecule has 0 saturated carbocycles. The van der Waals surface area contributed by atoms with E-state index in [1.54, 1.807) is 0 Å². The number of hydrogen-bond acceptors (Lipinski definition) is 4. The van der Waals surface area contributed by atoms with Crippen LogP contribution in [0.3, 0.4) is 0 Å². The van der Waals surface area contributed by atoms with E-state index in [-0.39, 0.29) is 5.91 Å². The van der Waals surface area contributed by atoms with Gasteiger partial charge in [0.15, 0.2) is 11.5 Å². The van der Waals surface area contributed by atoms with Gasteiger partial charge in [-0.15, -0.1) is 0 Å². The van der Waals surface area contributed by atoms with Gasteiger partial charge >= 0.3 is 0 Å². The summed E-state index contributed by atoms with van der Waals surface area (Å²) in [5.41, 5.74) is 2.28. The quantitative estimate of drug-likeness (QED) is 0.918. The number of ether oxygens (including phenoxy) is 3. The summed E-state index contributed by atoms with van der Waals surface area (Å²) in [6, 6.07) is 13.8. The second-order valence-electron chi connectivity index (χ2n) is 6.84. The zero-order valence-corrected chi connectivity index (χ0v) is 14.9. The van der Waals surface area contributed by atoms with Crippen molar-refractivity contribution < 1.29 is 19.0 Å². The number of fused-ring (bicyclic) bond motifs is 1. The van der Waals surface area contributed by atoms with Gasteiger partial charge in [0.25, 0.3) is 0 Å². The Morgan fingerprint density at radius 2 is 1.69 bits per heavy atom. The lowest BCUT2D eigenvalue weighted by Crippen LogP contribution is -2.45. The number of rotatable bonds is 3. The monoisotopic (exact) mass is 353 g/mol. The van der Waals surface area contributed by atoms with Gasteiger partial charge in [0.05, 0.1) is 11.1 Å².